The number of hydrogen-bond acceptors (Lipinski definition) is 6. The second-order valence-electron chi connectivity index (χ2n) is 8.13. The standard InChI is InChI=1S/C17H22BrClN2O5S/c1-16(2,3)25-15(22)21-9-17(6-5-10(7-17)26-27(4,23)24)12-13(19)11(18)8-20-14(12)21/h8,10H,5-7,9H2,1-4H3/t10-,17+/m1/s1. The molecule has 1 spiro atoms. The van der Waals surface area contributed by atoms with Crippen molar-refractivity contribution in [2.75, 3.05) is 17.7 Å². The summed E-state index contributed by atoms with van der Waals surface area (Å²) < 4.78 is 34.4. The van der Waals surface area contributed by atoms with Gasteiger partial charge in [0, 0.05) is 23.7 Å². The quantitative estimate of drug-likeness (QED) is 0.593. The first-order valence-corrected chi connectivity index (χ1v) is 11.5. The average Bonchev–Trinajstić information content (AvgIpc) is 3.02. The third kappa shape index (κ3) is 4.26. The van der Waals surface area contributed by atoms with Crippen molar-refractivity contribution in [1.82, 2.24) is 4.98 Å². The number of rotatable bonds is 2. The number of carbonyl (C=O) groups excluding carboxylic acids is 1. The van der Waals surface area contributed by atoms with Crippen LogP contribution in [0.2, 0.25) is 5.02 Å². The van der Waals surface area contributed by atoms with Gasteiger partial charge in [-0.3, -0.25) is 9.08 Å². The van der Waals surface area contributed by atoms with Crippen LogP contribution < -0.4 is 4.90 Å². The number of halogens is 2. The van der Waals surface area contributed by atoms with Crippen molar-refractivity contribution < 1.29 is 22.1 Å². The van der Waals surface area contributed by atoms with E-state index in [0.29, 0.717) is 41.1 Å². The van der Waals surface area contributed by atoms with E-state index in [4.69, 9.17) is 20.5 Å². The molecule has 7 nitrogen and oxygen atoms in total. The molecule has 0 N–H and O–H groups in total. The van der Waals surface area contributed by atoms with Gasteiger partial charge in [0.15, 0.2) is 0 Å². The van der Waals surface area contributed by atoms with Crippen LogP contribution in [-0.4, -0.2) is 44.0 Å². The van der Waals surface area contributed by atoms with E-state index in [0.717, 1.165) is 11.8 Å². The highest BCUT2D eigenvalue weighted by Gasteiger charge is 2.53. The summed E-state index contributed by atoms with van der Waals surface area (Å²) >= 11 is 9.96. The second kappa shape index (κ2) is 6.86. The smallest absolute Gasteiger partial charge is 0.416 e. The Labute approximate surface area is 172 Å². The molecular weight excluding hydrogens is 460 g/mol. The van der Waals surface area contributed by atoms with Gasteiger partial charge in [-0.2, -0.15) is 8.42 Å². The van der Waals surface area contributed by atoms with Crippen LogP contribution in [0.5, 0.6) is 0 Å². The van der Waals surface area contributed by atoms with Crippen LogP contribution in [0, 0.1) is 0 Å². The third-order valence-corrected chi connectivity index (χ3v) is 6.53. The summed E-state index contributed by atoms with van der Waals surface area (Å²) in [5, 5.41) is 0.478. The maximum absolute atomic E-state index is 12.8. The lowest BCUT2D eigenvalue weighted by atomic mass is 9.81. The minimum Gasteiger partial charge on any atom is -0.443 e. The van der Waals surface area contributed by atoms with Crippen molar-refractivity contribution in [2.45, 2.75) is 57.2 Å². The molecule has 0 unspecified atom stereocenters. The molecule has 27 heavy (non-hydrogen) atoms. The lowest BCUT2D eigenvalue weighted by molar-refractivity contribution is 0.0576. The van der Waals surface area contributed by atoms with E-state index >= 15 is 0 Å². The molecule has 0 radical (unpaired) electrons. The molecule has 1 amide bonds. The molecule has 2 atom stereocenters. The molecule has 1 aliphatic heterocycles. The van der Waals surface area contributed by atoms with Crippen molar-refractivity contribution in [3.05, 3.63) is 21.3 Å². The molecule has 150 valence electrons. The summed E-state index contributed by atoms with van der Waals surface area (Å²) in [4.78, 5) is 18.6. The molecular formula is C17H22BrClN2O5S. The Balaban J connectivity index is 1.99. The van der Waals surface area contributed by atoms with Crippen LogP contribution in [0.4, 0.5) is 10.6 Å². The fraction of sp³-hybridized carbons (Fsp3) is 0.647. The van der Waals surface area contributed by atoms with Gasteiger partial charge >= 0.3 is 6.09 Å². The van der Waals surface area contributed by atoms with Gasteiger partial charge in [0.1, 0.15) is 11.4 Å². The summed E-state index contributed by atoms with van der Waals surface area (Å²) in [6.45, 7) is 5.71. The largest absolute Gasteiger partial charge is 0.443 e. The zero-order valence-corrected chi connectivity index (χ0v) is 18.7. The SMILES string of the molecule is CC(C)(C)OC(=O)N1C[C@@]2(CC[C@@H](OS(C)(=O)=O)C2)c2c1ncc(Br)c2Cl. The minimum atomic E-state index is -3.57. The van der Waals surface area contributed by atoms with Crippen molar-refractivity contribution in [3.63, 3.8) is 0 Å². The maximum Gasteiger partial charge on any atom is 0.416 e. The molecule has 1 aromatic heterocycles. The van der Waals surface area contributed by atoms with Gasteiger partial charge in [0.2, 0.25) is 0 Å². The number of amides is 1. The Kier molecular flexibility index (Phi) is 5.29. The second-order valence-corrected chi connectivity index (χ2v) is 11.0. The fourth-order valence-corrected chi connectivity index (χ4v) is 5.13. The summed E-state index contributed by atoms with van der Waals surface area (Å²) in [5.41, 5.74) is -0.428. The van der Waals surface area contributed by atoms with Gasteiger partial charge in [-0.1, -0.05) is 11.6 Å². The van der Waals surface area contributed by atoms with E-state index in [1.807, 2.05) is 0 Å². The lowest BCUT2D eigenvalue weighted by Gasteiger charge is -2.27. The van der Waals surface area contributed by atoms with Gasteiger partial charge in [-0.25, -0.2) is 9.78 Å². The maximum atomic E-state index is 12.8. The van der Waals surface area contributed by atoms with Crippen molar-refractivity contribution in [1.29, 1.82) is 0 Å². The van der Waals surface area contributed by atoms with Crippen LogP contribution in [0.15, 0.2) is 10.7 Å². The molecule has 0 aromatic carbocycles. The van der Waals surface area contributed by atoms with Crippen LogP contribution >= 0.6 is 27.5 Å². The molecule has 0 bridgehead atoms. The highest BCUT2D eigenvalue weighted by molar-refractivity contribution is 9.10. The summed E-state index contributed by atoms with van der Waals surface area (Å²) in [7, 11) is -3.57. The Bertz CT molecular complexity index is 886. The molecule has 1 saturated carbocycles. The van der Waals surface area contributed by atoms with Gasteiger partial charge in [-0.05, 0) is 56.0 Å². The Hall–Kier alpha value is -0.900. The van der Waals surface area contributed by atoms with Gasteiger partial charge in [0.25, 0.3) is 10.1 Å². The Morgan fingerprint density at radius 3 is 2.70 bits per heavy atom. The van der Waals surface area contributed by atoms with Gasteiger partial charge in [-0.15, -0.1) is 0 Å². The highest BCUT2D eigenvalue weighted by Crippen LogP contribution is 2.54. The van der Waals surface area contributed by atoms with E-state index in [1.165, 1.54) is 4.90 Å². The highest BCUT2D eigenvalue weighted by atomic mass is 79.9. The van der Waals surface area contributed by atoms with Crippen molar-refractivity contribution >= 4 is 49.6 Å². The Morgan fingerprint density at radius 1 is 1.44 bits per heavy atom. The summed E-state index contributed by atoms with van der Waals surface area (Å²) in [6.07, 6.45) is 3.26. The molecule has 0 saturated heterocycles. The van der Waals surface area contributed by atoms with Crippen LogP contribution in [0.1, 0.15) is 45.6 Å². The first kappa shape index (κ1) is 20.8. The summed E-state index contributed by atoms with van der Waals surface area (Å²) in [5.74, 6) is 0.456. The molecule has 2 heterocycles. The first-order chi connectivity index (χ1) is 12.3. The minimum absolute atomic E-state index is 0.323. The number of aromatic nitrogens is 1. The van der Waals surface area contributed by atoms with E-state index in [2.05, 4.69) is 20.9 Å². The number of carbonyl (C=O) groups is 1. The van der Waals surface area contributed by atoms with Crippen LogP contribution in [0.3, 0.4) is 0 Å². The number of pyridine rings is 1. The third-order valence-electron chi connectivity index (χ3n) is 4.69. The topological polar surface area (TPSA) is 85.8 Å². The molecule has 1 fully saturated rings. The fourth-order valence-electron chi connectivity index (χ4n) is 3.83. The number of ether oxygens (including phenoxy) is 1. The van der Waals surface area contributed by atoms with E-state index in [-0.39, 0.29) is 0 Å². The molecule has 2 aliphatic rings. The lowest BCUT2D eigenvalue weighted by Crippen LogP contribution is -2.39. The normalized spacial score (nSPS) is 25.1. The van der Waals surface area contributed by atoms with Crippen LogP contribution in [0.25, 0.3) is 0 Å². The monoisotopic (exact) mass is 480 g/mol. The van der Waals surface area contributed by atoms with Gasteiger partial charge in [0.05, 0.1) is 21.9 Å². The van der Waals surface area contributed by atoms with Crippen LogP contribution in [-0.2, 0) is 24.5 Å². The Morgan fingerprint density at radius 2 is 2.11 bits per heavy atom. The molecule has 1 aromatic rings. The van der Waals surface area contributed by atoms with Crippen molar-refractivity contribution in [3.8, 4) is 0 Å². The van der Waals surface area contributed by atoms with E-state index < -0.39 is 33.3 Å². The molecule has 3 rings (SSSR count). The predicted molar refractivity (Wildman–Crippen MR) is 106 cm³/mol. The number of nitrogens with zero attached hydrogens (tertiary/aromatic N) is 2. The molecule has 1 aliphatic carbocycles. The first-order valence-electron chi connectivity index (χ1n) is 8.55. The predicted octanol–water partition coefficient (Wildman–Crippen LogP) is 4.02. The number of fused-ring (bicyclic) bond motifs is 2. The van der Waals surface area contributed by atoms with Crippen molar-refractivity contribution in [2.24, 2.45) is 0 Å². The van der Waals surface area contributed by atoms with Gasteiger partial charge < -0.3 is 4.74 Å². The zero-order chi connectivity index (χ0) is 20.2. The molecule has 10 heteroatoms. The van der Waals surface area contributed by atoms with E-state index in [1.54, 1.807) is 27.0 Å². The average molecular weight is 482 g/mol. The summed E-state index contributed by atoms with van der Waals surface area (Å²) in [6, 6.07) is 0. The number of hydrogen-bond donors (Lipinski definition) is 0. The number of anilines is 1. The zero-order valence-electron chi connectivity index (χ0n) is 15.6. The van der Waals surface area contributed by atoms with E-state index in [9.17, 15) is 13.2 Å².